The van der Waals surface area contributed by atoms with Crippen molar-refractivity contribution in [3.05, 3.63) is 41.9 Å². The minimum atomic E-state index is -1.26. The van der Waals surface area contributed by atoms with Crippen molar-refractivity contribution in [1.29, 1.82) is 0 Å². The Labute approximate surface area is 161 Å². The van der Waals surface area contributed by atoms with E-state index in [1.54, 1.807) is 13.2 Å². The highest BCUT2D eigenvalue weighted by Gasteiger charge is 2.27. The molecule has 1 atom stereocenters. The fraction of sp³-hybridized carbons (Fsp3) is 0.421. The molecule has 1 fully saturated rings. The summed E-state index contributed by atoms with van der Waals surface area (Å²) in [7, 11) is 1.73. The number of carbonyl (C=O) groups is 2. The van der Waals surface area contributed by atoms with E-state index in [-0.39, 0.29) is 12.0 Å². The van der Waals surface area contributed by atoms with Gasteiger partial charge in [0.1, 0.15) is 12.0 Å². The third-order valence-electron chi connectivity index (χ3n) is 4.60. The summed E-state index contributed by atoms with van der Waals surface area (Å²) in [6, 6.07) is 4.62. The van der Waals surface area contributed by atoms with Crippen LogP contribution in [0.5, 0.6) is 0 Å². The van der Waals surface area contributed by atoms with Crippen LogP contribution >= 0.6 is 0 Å². The number of methoxy groups -OCH3 is 1. The van der Waals surface area contributed by atoms with E-state index in [4.69, 9.17) is 19.5 Å². The zero-order valence-corrected chi connectivity index (χ0v) is 15.7. The first-order valence-corrected chi connectivity index (χ1v) is 8.77. The van der Waals surface area contributed by atoms with Crippen LogP contribution in [-0.4, -0.2) is 58.6 Å². The van der Waals surface area contributed by atoms with E-state index in [1.807, 2.05) is 0 Å². The Hall–Kier alpha value is -2.78. The molecule has 1 aromatic carbocycles. The highest BCUT2D eigenvalue weighted by molar-refractivity contribution is 5.89. The van der Waals surface area contributed by atoms with Crippen molar-refractivity contribution >= 4 is 22.9 Å². The number of ether oxygens (including phenoxy) is 1. The van der Waals surface area contributed by atoms with Crippen LogP contribution in [0.3, 0.4) is 0 Å². The molecule has 0 radical (unpaired) electrons. The van der Waals surface area contributed by atoms with Gasteiger partial charge in [-0.05, 0) is 31.9 Å². The van der Waals surface area contributed by atoms with Gasteiger partial charge < -0.3 is 19.5 Å². The Morgan fingerprint density at radius 2 is 1.89 bits per heavy atom. The maximum atomic E-state index is 13.2. The van der Waals surface area contributed by atoms with E-state index in [1.165, 1.54) is 12.1 Å². The number of piperidine rings is 1. The molecule has 152 valence electrons. The lowest BCUT2D eigenvalue weighted by molar-refractivity contribution is -0.134. The van der Waals surface area contributed by atoms with Gasteiger partial charge in [0.15, 0.2) is 5.58 Å². The number of nitrogens with zero attached hydrogens (tertiary/aromatic N) is 2. The van der Waals surface area contributed by atoms with Crippen LogP contribution < -0.4 is 0 Å². The predicted octanol–water partition coefficient (Wildman–Crippen LogP) is 2.85. The van der Waals surface area contributed by atoms with E-state index in [9.17, 15) is 14.0 Å². The lowest BCUT2D eigenvalue weighted by Gasteiger charge is -2.34. The number of carboxylic acids is 2. The van der Waals surface area contributed by atoms with Gasteiger partial charge in [0.05, 0.1) is 5.69 Å². The van der Waals surface area contributed by atoms with E-state index in [2.05, 4.69) is 17.0 Å². The molecule has 8 nitrogen and oxygen atoms in total. The van der Waals surface area contributed by atoms with Gasteiger partial charge in [-0.15, -0.1) is 0 Å². The van der Waals surface area contributed by atoms with Gasteiger partial charge in [0.2, 0.25) is 0 Å². The minimum absolute atomic E-state index is 0.152. The first-order valence-electron chi connectivity index (χ1n) is 8.77. The zero-order valence-electron chi connectivity index (χ0n) is 15.7. The second-order valence-electron chi connectivity index (χ2n) is 6.36. The van der Waals surface area contributed by atoms with Crippen LogP contribution in [0, 0.1) is 5.82 Å². The molecule has 0 saturated carbocycles. The maximum Gasteiger partial charge on any atom is 0.328 e. The van der Waals surface area contributed by atoms with Crippen molar-refractivity contribution in [2.45, 2.75) is 31.9 Å². The summed E-state index contributed by atoms with van der Waals surface area (Å²) in [6.07, 6.45) is 3.31. The SMILES string of the molecule is COC(C)N1CCC(c2noc3cc(F)ccc23)CC1.O=C(O)C=CC(=O)O. The van der Waals surface area contributed by atoms with Crippen LogP contribution in [0.1, 0.15) is 31.4 Å². The van der Waals surface area contributed by atoms with Crippen molar-refractivity contribution in [3.8, 4) is 0 Å². The summed E-state index contributed by atoms with van der Waals surface area (Å²) >= 11 is 0. The van der Waals surface area contributed by atoms with Crippen molar-refractivity contribution in [3.63, 3.8) is 0 Å². The van der Waals surface area contributed by atoms with Gasteiger partial charge in [0.25, 0.3) is 0 Å². The molecule has 1 aromatic heterocycles. The summed E-state index contributed by atoms with van der Waals surface area (Å²) < 4.78 is 23.8. The van der Waals surface area contributed by atoms with Crippen molar-refractivity contribution in [1.82, 2.24) is 10.1 Å². The molecule has 0 bridgehead atoms. The van der Waals surface area contributed by atoms with Crippen molar-refractivity contribution in [2.24, 2.45) is 0 Å². The summed E-state index contributed by atoms with van der Waals surface area (Å²) in [4.78, 5) is 21.4. The Bertz CT molecular complexity index is 826. The number of hydrogen-bond donors (Lipinski definition) is 2. The average Bonchev–Trinajstić information content (AvgIpc) is 3.09. The van der Waals surface area contributed by atoms with Crippen molar-refractivity contribution in [2.75, 3.05) is 20.2 Å². The van der Waals surface area contributed by atoms with E-state index in [0.717, 1.165) is 37.0 Å². The molecule has 0 amide bonds. The highest BCUT2D eigenvalue weighted by Crippen LogP contribution is 2.33. The number of carboxylic acid groups (broad SMARTS) is 2. The largest absolute Gasteiger partial charge is 0.478 e. The lowest BCUT2D eigenvalue weighted by Crippen LogP contribution is -2.40. The summed E-state index contributed by atoms with van der Waals surface area (Å²) in [5.74, 6) is -2.43. The first-order chi connectivity index (χ1) is 13.3. The summed E-state index contributed by atoms with van der Waals surface area (Å²) in [6.45, 7) is 4.03. The second kappa shape index (κ2) is 9.95. The number of fused-ring (bicyclic) bond motifs is 1. The molecular formula is C19H23FN2O6. The standard InChI is InChI=1S/C15H19FN2O2.C4H4O4/c1-10(19-2)18-7-5-11(6-8-18)15-13-4-3-12(16)9-14(13)20-17-15;5-3(6)1-2-4(7)8/h3-4,9-11H,5-8H2,1-2H3;1-2H,(H,5,6)(H,7,8). The van der Waals surface area contributed by atoms with Crippen molar-refractivity contribution < 1.29 is 33.5 Å². The smallest absolute Gasteiger partial charge is 0.328 e. The van der Waals surface area contributed by atoms with Gasteiger partial charge in [-0.2, -0.15) is 0 Å². The summed E-state index contributed by atoms with van der Waals surface area (Å²) in [5.41, 5.74) is 1.50. The number of rotatable bonds is 5. The molecule has 0 aliphatic carbocycles. The number of benzene rings is 1. The third-order valence-corrected chi connectivity index (χ3v) is 4.60. The molecule has 0 spiro atoms. The molecular weight excluding hydrogens is 371 g/mol. The van der Waals surface area contributed by atoms with Gasteiger partial charge in [-0.25, -0.2) is 14.0 Å². The fourth-order valence-corrected chi connectivity index (χ4v) is 3.05. The summed E-state index contributed by atoms with van der Waals surface area (Å²) in [5, 5.41) is 20.7. The Morgan fingerprint density at radius 1 is 1.29 bits per heavy atom. The molecule has 1 aliphatic heterocycles. The number of hydrogen-bond acceptors (Lipinski definition) is 6. The van der Waals surface area contributed by atoms with Crippen LogP contribution in [0.4, 0.5) is 4.39 Å². The first kappa shape index (κ1) is 21.5. The van der Waals surface area contributed by atoms with Gasteiger partial charge in [-0.1, -0.05) is 5.16 Å². The third kappa shape index (κ3) is 5.86. The normalized spacial score (nSPS) is 16.7. The Kier molecular flexibility index (Phi) is 7.65. The van der Waals surface area contributed by atoms with Gasteiger partial charge in [0, 0.05) is 49.7 Å². The number of halogens is 1. The number of aliphatic carboxylic acids is 2. The van der Waals surface area contributed by atoms with Crippen LogP contribution in [0.15, 0.2) is 34.9 Å². The quantitative estimate of drug-likeness (QED) is 0.745. The molecule has 2 aromatic rings. The topological polar surface area (TPSA) is 113 Å². The Morgan fingerprint density at radius 3 is 2.43 bits per heavy atom. The van der Waals surface area contributed by atoms with Gasteiger partial charge in [-0.3, -0.25) is 4.90 Å². The maximum absolute atomic E-state index is 13.2. The number of aromatic nitrogens is 1. The molecule has 9 heteroatoms. The lowest BCUT2D eigenvalue weighted by atomic mass is 9.91. The molecule has 2 heterocycles. The van der Waals surface area contributed by atoms with E-state index >= 15 is 0 Å². The van der Waals surface area contributed by atoms with Crippen LogP contribution in [0.25, 0.3) is 11.0 Å². The van der Waals surface area contributed by atoms with E-state index in [0.29, 0.717) is 23.7 Å². The Balaban J connectivity index is 0.000000300. The molecule has 1 aliphatic rings. The highest BCUT2D eigenvalue weighted by atomic mass is 19.1. The fourth-order valence-electron chi connectivity index (χ4n) is 3.05. The molecule has 1 unspecified atom stereocenters. The van der Waals surface area contributed by atoms with Gasteiger partial charge >= 0.3 is 11.9 Å². The average molecular weight is 394 g/mol. The van der Waals surface area contributed by atoms with Crippen LogP contribution in [-0.2, 0) is 14.3 Å². The molecule has 3 rings (SSSR count). The number of likely N-dealkylation sites (tertiary alicyclic amines) is 1. The van der Waals surface area contributed by atoms with Crippen LogP contribution in [0.2, 0.25) is 0 Å². The predicted molar refractivity (Wildman–Crippen MR) is 98.4 cm³/mol. The monoisotopic (exact) mass is 394 g/mol. The molecule has 1 saturated heterocycles. The minimum Gasteiger partial charge on any atom is -0.478 e. The molecule has 28 heavy (non-hydrogen) atoms. The second-order valence-corrected chi connectivity index (χ2v) is 6.36. The zero-order chi connectivity index (χ0) is 20.7. The van der Waals surface area contributed by atoms with E-state index < -0.39 is 11.9 Å². The molecule has 2 N–H and O–H groups in total.